The molecule has 1 N–H and O–H groups in total. The third-order valence-electron chi connectivity index (χ3n) is 4.14. The van der Waals surface area contributed by atoms with E-state index >= 15 is 0 Å². The molecule has 1 fully saturated rings. The molecule has 2 unspecified atom stereocenters. The van der Waals surface area contributed by atoms with Gasteiger partial charge in [0.1, 0.15) is 0 Å². The first-order valence-corrected chi connectivity index (χ1v) is 9.20. The summed E-state index contributed by atoms with van der Waals surface area (Å²) in [7, 11) is 0. The zero-order valence-electron chi connectivity index (χ0n) is 13.6. The Morgan fingerprint density at radius 2 is 2.24 bits per heavy atom. The van der Waals surface area contributed by atoms with E-state index in [1.807, 2.05) is 16.4 Å². The summed E-state index contributed by atoms with van der Waals surface area (Å²) in [5, 5.41) is 17.3. The van der Waals surface area contributed by atoms with Gasteiger partial charge < -0.3 is 5.32 Å². The van der Waals surface area contributed by atoms with Gasteiger partial charge in [-0.1, -0.05) is 51.8 Å². The van der Waals surface area contributed by atoms with Crippen LogP contribution in [0.5, 0.6) is 0 Å². The molecule has 0 bridgehead atoms. The van der Waals surface area contributed by atoms with Gasteiger partial charge in [0, 0.05) is 11.8 Å². The molecule has 1 aliphatic rings. The molecule has 21 heavy (non-hydrogen) atoms. The van der Waals surface area contributed by atoms with Crippen molar-refractivity contribution in [1.29, 1.82) is 0 Å². The van der Waals surface area contributed by atoms with E-state index in [-0.39, 0.29) is 0 Å². The van der Waals surface area contributed by atoms with E-state index in [0.29, 0.717) is 11.2 Å². The predicted octanol–water partition coefficient (Wildman–Crippen LogP) is 2.98. The second-order valence-corrected chi connectivity index (χ2v) is 7.73. The zero-order chi connectivity index (χ0) is 15.1. The van der Waals surface area contributed by atoms with Crippen molar-refractivity contribution >= 4 is 11.8 Å². The van der Waals surface area contributed by atoms with Crippen LogP contribution in [0, 0.1) is 11.8 Å². The fourth-order valence-electron chi connectivity index (χ4n) is 2.87. The van der Waals surface area contributed by atoms with Gasteiger partial charge in [-0.05, 0) is 41.6 Å². The fourth-order valence-corrected chi connectivity index (χ4v) is 4.15. The van der Waals surface area contributed by atoms with Gasteiger partial charge in [0.2, 0.25) is 5.16 Å². The topological polar surface area (TPSA) is 55.6 Å². The van der Waals surface area contributed by atoms with Crippen LogP contribution in [0.25, 0.3) is 0 Å². The Labute approximate surface area is 132 Å². The molecule has 6 heteroatoms. The Kier molecular flexibility index (Phi) is 6.96. The van der Waals surface area contributed by atoms with Gasteiger partial charge in [-0.3, -0.25) is 0 Å². The van der Waals surface area contributed by atoms with Crippen LogP contribution < -0.4 is 5.32 Å². The van der Waals surface area contributed by atoms with Crippen molar-refractivity contribution in [3.8, 4) is 0 Å². The minimum absolute atomic E-state index is 0.681. The van der Waals surface area contributed by atoms with Crippen LogP contribution in [0.1, 0.15) is 52.9 Å². The molecule has 0 aromatic carbocycles. The third kappa shape index (κ3) is 5.58. The van der Waals surface area contributed by atoms with E-state index in [4.69, 9.17) is 0 Å². The number of aromatic nitrogens is 4. The van der Waals surface area contributed by atoms with Crippen molar-refractivity contribution in [1.82, 2.24) is 25.5 Å². The molecule has 0 spiro atoms. The lowest BCUT2D eigenvalue weighted by Gasteiger charge is -2.27. The van der Waals surface area contributed by atoms with Crippen LogP contribution in [0.2, 0.25) is 0 Å². The summed E-state index contributed by atoms with van der Waals surface area (Å²) in [5.41, 5.74) is 0. The van der Waals surface area contributed by atoms with Gasteiger partial charge in [-0.25, -0.2) is 4.68 Å². The van der Waals surface area contributed by atoms with Crippen LogP contribution in [-0.4, -0.2) is 38.5 Å². The number of hydrogen-bond donors (Lipinski definition) is 1. The Hall–Kier alpha value is -0.620. The van der Waals surface area contributed by atoms with Crippen LogP contribution in [0.4, 0.5) is 0 Å². The minimum atomic E-state index is 0.681. The maximum Gasteiger partial charge on any atom is 0.209 e. The largest absolute Gasteiger partial charge is 0.315 e. The molecule has 1 saturated carbocycles. The van der Waals surface area contributed by atoms with Crippen molar-refractivity contribution < 1.29 is 0 Å². The molecule has 120 valence electrons. The van der Waals surface area contributed by atoms with Crippen molar-refractivity contribution in [2.75, 3.05) is 13.1 Å². The van der Waals surface area contributed by atoms with Crippen molar-refractivity contribution in [3.05, 3.63) is 0 Å². The average molecular weight is 311 g/mol. The summed E-state index contributed by atoms with van der Waals surface area (Å²) in [6.45, 7) is 9.58. The number of nitrogens with zero attached hydrogens (tertiary/aromatic N) is 4. The van der Waals surface area contributed by atoms with E-state index in [2.05, 4.69) is 41.6 Å². The quantitative estimate of drug-likeness (QED) is 0.748. The van der Waals surface area contributed by atoms with Crippen molar-refractivity contribution in [2.24, 2.45) is 11.8 Å². The van der Waals surface area contributed by atoms with Crippen LogP contribution in [0.3, 0.4) is 0 Å². The first kappa shape index (κ1) is 16.7. The van der Waals surface area contributed by atoms with E-state index in [1.54, 1.807) is 0 Å². The number of rotatable bonds is 8. The summed E-state index contributed by atoms with van der Waals surface area (Å²) in [4.78, 5) is 0. The number of tetrazole rings is 1. The van der Waals surface area contributed by atoms with Crippen LogP contribution in [0.15, 0.2) is 5.16 Å². The summed E-state index contributed by atoms with van der Waals surface area (Å²) in [6.07, 6.45) is 6.69. The summed E-state index contributed by atoms with van der Waals surface area (Å²) in [5.74, 6) is 1.58. The SMILES string of the molecule is CCC1CCCC(Sc2nnnn2CCNCC(C)C)C1. The maximum atomic E-state index is 4.21. The van der Waals surface area contributed by atoms with Crippen LogP contribution in [-0.2, 0) is 6.54 Å². The lowest BCUT2D eigenvalue weighted by Crippen LogP contribution is -2.25. The highest BCUT2D eigenvalue weighted by molar-refractivity contribution is 7.99. The average Bonchev–Trinajstić information content (AvgIpc) is 2.91. The van der Waals surface area contributed by atoms with Crippen LogP contribution >= 0.6 is 11.8 Å². The Balaban J connectivity index is 1.79. The van der Waals surface area contributed by atoms with Gasteiger partial charge in [0.15, 0.2) is 0 Å². The Bertz CT molecular complexity index is 407. The van der Waals surface area contributed by atoms with E-state index < -0.39 is 0 Å². The second kappa shape index (κ2) is 8.73. The third-order valence-corrected chi connectivity index (χ3v) is 5.40. The van der Waals surface area contributed by atoms with Gasteiger partial charge in [-0.2, -0.15) is 0 Å². The number of thioether (sulfide) groups is 1. The molecular formula is C15H29N5S. The van der Waals surface area contributed by atoms with Crippen molar-refractivity contribution in [2.45, 2.75) is 69.8 Å². The summed E-state index contributed by atoms with van der Waals surface area (Å²) >= 11 is 1.88. The highest BCUT2D eigenvalue weighted by Gasteiger charge is 2.23. The Morgan fingerprint density at radius 3 is 3.00 bits per heavy atom. The molecule has 1 aromatic rings. The number of nitrogens with one attached hydrogen (secondary N) is 1. The fraction of sp³-hybridized carbons (Fsp3) is 0.933. The second-order valence-electron chi connectivity index (χ2n) is 6.46. The first-order valence-electron chi connectivity index (χ1n) is 8.32. The highest BCUT2D eigenvalue weighted by Crippen LogP contribution is 2.36. The molecule has 0 aliphatic heterocycles. The molecule has 5 nitrogen and oxygen atoms in total. The summed E-state index contributed by atoms with van der Waals surface area (Å²) in [6, 6.07) is 0. The van der Waals surface area contributed by atoms with Gasteiger partial charge in [0.05, 0.1) is 6.54 Å². The van der Waals surface area contributed by atoms with Crippen molar-refractivity contribution in [3.63, 3.8) is 0 Å². The normalized spacial score (nSPS) is 22.9. The smallest absolute Gasteiger partial charge is 0.209 e. The first-order chi connectivity index (χ1) is 10.2. The number of hydrogen-bond acceptors (Lipinski definition) is 5. The van der Waals surface area contributed by atoms with Gasteiger partial charge in [0.25, 0.3) is 0 Å². The lowest BCUT2D eigenvalue weighted by molar-refractivity contribution is 0.356. The van der Waals surface area contributed by atoms with E-state index in [9.17, 15) is 0 Å². The van der Waals surface area contributed by atoms with Gasteiger partial charge in [-0.15, -0.1) is 5.10 Å². The summed E-state index contributed by atoms with van der Waals surface area (Å²) < 4.78 is 1.95. The molecular weight excluding hydrogens is 282 g/mol. The van der Waals surface area contributed by atoms with Gasteiger partial charge >= 0.3 is 0 Å². The molecule has 0 radical (unpaired) electrons. The molecule has 1 aliphatic carbocycles. The molecule has 0 saturated heterocycles. The van der Waals surface area contributed by atoms with E-state index in [0.717, 1.165) is 30.7 Å². The monoisotopic (exact) mass is 311 g/mol. The molecule has 2 atom stereocenters. The predicted molar refractivity (Wildman–Crippen MR) is 87.4 cm³/mol. The molecule has 0 amide bonds. The zero-order valence-corrected chi connectivity index (χ0v) is 14.4. The van der Waals surface area contributed by atoms with E-state index in [1.165, 1.54) is 32.1 Å². The molecule has 1 heterocycles. The molecule has 2 rings (SSSR count). The minimum Gasteiger partial charge on any atom is -0.315 e. The maximum absolute atomic E-state index is 4.21. The highest BCUT2D eigenvalue weighted by atomic mass is 32.2. The molecule has 1 aromatic heterocycles. The standard InChI is InChI=1S/C15H29N5S/c1-4-13-6-5-7-14(10-13)21-15-17-18-19-20(15)9-8-16-11-12(2)3/h12-14,16H,4-11H2,1-3H3. The lowest BCUT2D eigenvalue weighted by atomic mass is 9.87. The Morgan fingerprint density at radius 1 is 1.38 bits per heavy atom.